The maximum atomic E-state index is 10.2. The van der Waals surface area contributed by atoms with Gasteiger partial charge in [0.15, 0.2) is 0 Å². The summed E-state index contributed by atoms with van der Waals surface area (Å²) in [5.41, 5.74) is 0. The molecule has 9 heavy (non-hydrogen) atoms. The fourth-order valence-electron chi connectivity index (χ4n) is 1.26. The van der Waals surface area contributed by atoms with Crippen molar-refractivity contribution in [2.24, 2.45) is 5.92 Å². The van der Waals surface area contributed by atoms with Gasteiger partial charge in [0.05, 0.1) is 0 Å². The quantitative estimate of drug-likeness (QED) is 0.549. The lowest BCUT2D eigenvalue weighted by Crippen LogP contribution is -2.19. The van der Waals surface area contributed by atoms with Crippen molar-refractivity contribution in [3.05, 3.63) is 0 Å². The maximum absolute atomic E-state index is 10.2. The van der Waals surface area contributed by atoms with Gasteiger partial charge in [-0.1, -0.05) is 6.92 Å². The first-order valence-electron chi connectivity index (χ1n) is 3.55. The smallest absolute Gasteiger partial charge is 0.124 e. The molecule has 0 aliphatic carbocycles. The van der Waals surface area contributed by atoms with E-state index in [0.717, 1.165) is 25.7 Å². The minimum Gasteiger partial charge on any atom is -0.313 e. The molecule has 2 nitrogen and oxygen atoms in total. The summed E-state index contributed by atoms with van der Waals surface area (Å²) in [5, 5.41) is 3.28. The summed E-state index contributed by atoms with van der Waals surface area (Å²) in [6.45, 7) is 3.03. The van der Waals surface area contributed by atoms with E-state index in [1.807, 2.05) is 0 Å². The van der Waals surface area contributed by atoms with Crippen molar-refractivity contribution in [1.82, 2.24) is 5.32 Å². The molecule has 0 saturated carbocycles. The van der Waals surface area contributed by atoms with E-state index < -0.39 is 0 Å². The van der Waals surface area contributed by atoms with Crippen molar-refractivity contribution in [3.63, 3.8) is 0 Å². The molecule has 0 bridgehead atoms. The van der Waals surface area contributed by atoms with Crippen LogP contribution in [-0.2, 0) is 4.79 Å². The fourth-order valence-corrected chi connectivity index (χ4v) is 1.26. The second-order valence-corrected chi connectivity index (χ2v) is 2.65. The van der Waals surface area contributed by atoms with Crippen LogP contribution < -0.4 is 5.32 Å². The van der Waals surface area contributed by atoms with Gasteiger partial charge in [-0.05, 0) is 12.8 Å². The van der Waals surface area contributed by atoms with Gasteiger partial charge < -0.3 is 10.1 Å². The van der Waals surface area contributed by atoms with Crippen LogP contribution in [0.4, 0.5) is 0 Å². The van der Waals surface area contributed by atoms with E-state index in [1.54, 1.807) is 0 Å². The summed E-state index contributed by atoms with van der Waals surface area (Å²) in [7, 11) is 0. The molecule has 0 unspecified atom stereocenters. The minimum atomic E-state index is 0.287. The van der Waals surface area contributed by atoms with Crippen molar-refractivity contribution >= 4 is 6.29 Å². The Hall–Kier alpha value is -0.370. The normalized spacial score (nSPS) is 34.8. The number of carbonyl (C=O) groups excluding carboxylic acids is 1. The van der Waals surface area contributed by atoms with Crippen molar-refractivity contribution in [3.8, 4) is 0 Å². The van der Waals surface area contributed by atoms with Crippen LogP contribution in [0.1, 0.15) is 19.8 Å². The largest absolute Gasteiger partial charge is 0.313 e. The van der Waals surface area contributed by atoms with E-state index in [-0.39, 0.29) is 5.92 Å². The van der Waals surface area contributed by atoms with Crippen LogP contribution in [0.15, 0.2) is 0 Å². The lowest BCUT2D eigenvalue weighted by atomic mass is 10.1. The molecule has 1 fully saturated rings. The zero-order valence-electron chi connectivity index (χ0n) is 5.76. The lowest BCUT2D eigenvalue weighted by molar-refractivity contribution is -0.110. The molecule has 0 aromatic heterocycles. The first kappa shape index (κ1) is 6.75. The standard InChI is InChI=1S/C7H13NO/c1-2-7-3-6(5-9)4-8-7/h5-8H,2-4H2,1H3/t6-,7+/m0/s1. The zero-order chi connectivity index (χ0) is 6.69. The van der Waals surface area contributed by atoms with Crippen LogP contribution in [0.25, 0.3) is 0 Å². The average molecular weight is 127 g/mol. The van der Waals surface area contributed by atoms with Gasteiger partial charge in [0.25, 0.3) is 0 Å². The molecule has 1 aliphatic rings. The van der Waals surface area contributed by atoms with Gasteiger partial charge in [0.2, 0.25) is 0 Å². The first-order chi connectivity index (χ1) is 4.36. The number of hydrogen-bond acceptors (Lipinski definition) is 2. The molecule has 0 aromatic carbocycles. The summed E-state index contributed by atoms with van der Waals surface area (Å²) < 4.78 is 0. The first-order valence-corrected chi connectivity index (χ1v) is 3.55. The van der Waals surface area contributed by atoms with E-state index in [2.05, 4.69) is 12.2 Å². The van der Waals surface area contributed by atoms with E-state index in [9.17, 15) is 4.79 Å². The Bertz CT molecular complexity index is 103. The van der Waals surface area contributed by atoms with E-state index in [1.165, 1.54) is 0 Å². The Labute approximate surface area is 55.6 Å². The molecule has 1 heterocycles. The topological polar surface area (TPSA) is 29.1 Å². The number of rotatable bonds is 2. The van der Waals surface area contributed by atoms with Crippen molar-refractivity contribution in [2.45, 2.75) is 25.8 Å². The monoisotopic (exact) mass is 127 g/mol. The van der Waals surface area contributed by atoms with Crippen LogP contribution >= 0.6 is 0 Å². The third kappa shape index (κ3) is 1.52. The predicted octanol–water partition coefficient (Wildman–Crippen LogP) is 0.573. The molecule has 2 atom stereocenters. The highest BCUT2D eigenvalue weighted by Gasteiger charge is 2.21. The Morgan fingerprint density at radius 1 is 1.78 bits per heavy atom. The molecule has 1 N–H and O–H groups in total. The molecule has 0 radical (unpaired) electrons. The van der Waals surface area contributed by atoms with Gasteiger partial charge in [0.1, 0.15) is 6.29 Å². The van der Waals surface area contributed by atoms with Crippen LogP contribution in [-0.4, -0.2) is 18.9 Å². The van der Waals surface area contributed by atoms with Gasteiger partial charge in [-0.15, -0.1) is 0 Å². The molecule has 0 spiro atoms. The van der Waals surface area contributed by atoms with Crippen LogP contribution in [0.5, 0.6) is 0 Å². The Kier molecular flexibility index (Phi) is 2.22. The summed E-state index contributed by atoms with van der Waals surface area (Å²) in [6.07, 6.45) is 3.24. The lowest BCUT2D eigenvalue weighted by Gasteiger charge is -2.02. The third-order valence-electron chi connectivity index (χ3n) is 1.94. The fraction of sp³-hybridized carbons (Fsp3) is 0.857. The van der Waals surface area contributed by atoms with E-state index >= 15 is 0 Å². The highest BCUT2D eigenvalue weighted by molar-refractivity contribution is 5.54. The Balaban J connectivity index is 2.28. The highest BCUT2D eigenvalue weighted by atomic mass is 16.1. The Morgan fingerprint density at radius 3 is 2.89 bits per heavy atom. The number of nitrogens with one attached hydrogen (secondary N) is 1. The number of hydrogen-bond donors (Lipinski definition) is 1. The summed E-state index contributed by atoms with van der Waals surface area (Å²) in [5.74, 6) is 0.287. The molecule has 0 amide bonds. The van der Waals surface area contributed by atoms with E-state index in [0.29, 0.717) is 6.04 Å². The molecule has 1 aliphatic heterocycles. The summed E-state index contributed by atoms with van der Waals surface area (Å²) >= 11 is 0. The summed E-state index contributed by atoms with van der Waals surface area (Å²) in [4.78, 5) is 10.2. The van der Waals surface area contributed by atoms with Crippen LogP contribution in [0.3, 0.4) is 0 Å². The molecule has 1 rings (SSSR count). The predicted molar refractivity (Wildman–Crippen MR) is 36.3 cm³/mol. The molecular formula is C7H13NO. The molecular weight excluding hydrogens is 114 g/mol. The van der Waals surface area contributed by atoms with Gasteiger partial charge in [-0.25, -0.2) is 0 Å². The summed E-state index contributed by atoms with van der Waals surface area (Å²) in [6, 6.07) is 0.597. The van der Waals surface area contributed by atoms with Crippen molar-refractivity contribution in [2.75, 3.05) is 6.54 Å². The zero-order valence-corrected chi connectivity index (χ0v) is 5.76. The third-order valence-corrected chi connectivity index (χ3v) is 1.94. The van der Waals surface area contributed by atoms with Gasteiger partial charge in [-0.2, -0.15) is 0 Å². The van der Waals surface area contributed by atoms with Gasteiger partial charge in [0, 0.05) is 18.5 Å². The van der Waals surface area contributed by atoms with Gasteiger partial charge >= 0.3 is 0 Å². The molecule has 0 aromatic rings. The van der Waals surface area contributed by atoms with Crippen LogP contribution in [0.2, 0.25) is 0 Å². The van der Waals surface area contributed by atoms with Crippen molar-refractivity contribution in [1.29, 1.82) is 0 Å². The SMILES string of the molecule is CC[C@@H]1C[C@H](C=O)CN1. The molecule has 52 valence electrons. The number of aldehydes is 1. The molecule has 2 heteroatoms. The van der Waals surface area contributed by atoms with E-state index in [4.69, 9.17) is 0 Å². The van der Waals surface area contributed by atoms with Crippen LogP contribution in [0, 0.1) is 5.92 Å². The second kappa shape index (κ2) is 2.97. The maximum Gasteiger partial charge on any atom is 0.124 e. The Morgan fingerprint density at radius 2 is 2.56 bits per heavy atom. The minimum absolute atomic E-state index is 0.287. The molecule has 1 saturated heterocycles. The average Bonchev–Trinajstić information content (AvgIpc) is 2.34. The highest BCUT2D eigenvalue weighted by Crippen LogP contribution is 2.13. The number of carbonyl (C=O) groups is 1. The van der Waals surface area contributed by atoms with Gasteiger partial charge in [-0.3, -0.25) is 0 Å². The van der Waals surface area contributed by atoms with Crippen molar-refractivity contribution < 1.29 is 4.79 Å². The second-order valence-electron chi connectivity index (χ2n) is 2.65.